The number of carbonyl (C=O) groups excluding carboxylic acids is 2. The monoisotopic (exact) mass is 504 g/mol. The van der Waals surface area contributed by atoms with Gasteiger partial charge in [-0.2, -0.15) is 5.10 Å². The van der Waals surface area contributed by atoms with Crippen LogP contribution in [0.4, 0.5) is 14.6 Å². The Morgan fingerprint density at radius 3 is 2.72 bits per heavy atom. The lowest BCUT2D eigenvalue weighted by Gasteiger charge is -2.31. The lowest BCUT2D eigenvalue weighted by atomic mass is 10.00. The maximum Gasteiger partial charge on any atom is 0.251 e. The van der Waals surface area contributed by atoms with E-state index in [9.17, 15) is 23.5 Å². The Kier molecular flexibility index (Phi) is 7.70. The summed E-state index contributed by atoms with van der Waals surface area (Å²) in [6.07, 6.45) is 5.43. The summed E-state index contributed by atoms with van der Waals surface area (Å²) >= 11 is 0. The fourth-order valence-electron chi connectivity index (χ4n) is 4.29. The molecule has 1 aromatic heterocycles. The normalized spacial score (nSPS) is 19.2. The van der Waals surface area contributed by atoms with Gasteiger partial charge >= 0.3 is 0 Å². The first kappa shape index (κ1) is 25.8. The van der Waals surface area contributed by atoms with Crippen molar-refractivity contribution in [3.05, 3.63) is 53.9 Å². The van der Waals surface area contributed by atoms with Crippen molar-refractivity contribution >= 4 is 17.6 Å². The Bertz CT molecular complexity index is 1120. The smallest absolute Gasteiger partial charge is 0.251 e. The summed E-state index contributed by atoms with van der Waals surface area (Å²) in [5.74, 6) is -3.08. The Morgan fingerprint density at radius 2 is 2.06 bits per heavy atom. The number of hydrogen-bond donors (Lipinski definition) is 2. The topological polar surface area (TPSA) is 106 Å². The lowest BCUT2D eigenvalue weighted by Crippen LogP contribution is -2.48. The van der Waals surface area contributed by atoms with Crippen LogP contribution in [0.25, 0.3) is 0 Å². The van der Waals surface area contributed by atoms with Gasteiger partial charge < -0.3 is 24.8 Å². The SMILES string of the molecule is CC(C)(O)Cn1ccc(NC(=O)C(CC2CCCCO2)N2CC(Oc3c(F)cccc3F)=CC2=O)n1. The summed E-state index contributed by atoms with van der Waals surface area (Å²) in [5, 5.41) is 17.0. The second-order valence-corrected chi connectivity index (χ2v) is 9.67. The third-order valence-corrected chi connectivity index (χ3v) is 5.93. The van der Waals surface area contributed by atoms with Gasteiger partial charge in [0.25, 0.3) is 5.91 Å². The lowest BCUT2D eigenvalue weighted by molar-refractivity contribution is -0.135. The number of amides is 2. The van der Waals surface area contributed by atoms with Crippen molar-refractivity contribution in [2.24, 2.45) is 0 Å². The number of para-hydroxylation sites is 1. The number of nitrogens with zero attached hydrogens (tertiary/aromatic N) is 3. The standard InChI is InChI=1S/C25H30F2N4O5/c1-25(2,34)15-30-10-9-21(29-30)28-24(33)20(12-16-6-3-4-11-35-16)31-14-17(13-22(31)32)36-23-18(26)7-5-8-19(23)27/h5,7-10,13,16,20,34H,3-4,6,11-12,14-15H2,1-2H3,(H,28,29,33). The highest BCUT2D eigenvalue weighted by atomic mass is 19.1. The van der Waals surface area contributed by atoms with Crippen LogP contribution in [-0.2, 0) is 20.9 Å². The molecule has 0 aliphatic carbocycles. The molecule has 194 valence electrons. The molecule has 3 heterocycles. The molecule has 0 bridgehead atoms. The third-order valence-electron chi connectivity index (χ3n) is 5.93. The minimum Gasteiger partial charge on any atom is -0.453 e. The van der Waals surface area contributed by atoms with E-state index < -0.39 is 40.8 Å². The van der Waals surface area contributed by atoms with Gasteiger partial charge in [0.05, 0.1) is 24.8 Å². The average molecular weight is 505 g/mol. The number of anilines is 1. The first-order chi connectivity index (χ1) is 17.1. The van der Waals surface area contributed by atoms with Crippen LogP contribution in [0.3, 0.4) is 0 Å². The molecular formula is C25H30F2N4O5. The van der Waals surface area contributed by atoms with Crippen molar-refractivity contribution in [3.8, 4) is 5.75 Å². The highest BCUT2D eigenvalue weighted by molar-refractivity contribution is 5.99. The summed E-state index contributed by atoms with van der Waals surface area (Å²) in [4.78, 5) is 27.5. The van der Waals surface area contributed by atoms with Crippen molar-refractivity contribution in [3.63, 3.8) is 0 Å². The van der Waals surface area contributed by atoms with Crippen molar-refractivity contribution in [1.29, 1.82) is 0 Å². The van der Waals surface area contributed by atoms with Crippen LogP contribution < -0.4 is 10.1 Å². The van der Waals surface area contributed by atoms with E-state index in [1.165, 1.54) is 15.6 Å². The third kappa shape index (κ3) is 6.46. The molecule has 2 aliphatic rings. The Morgan fingerprint density at radius 1 is 1.31 bits per heavy atom. The van der Waals surface area contributed by atoms with Crippen LogP contribution in [0.1, 0.15) is 39.5 Å². The van der Waals surface area contributed by atoms with E-state index in [1.54, 1.807) is 26.1 Å². The number of nitrogens with one attached hydrogen (secondary N) is 1. The Hall–Kier alpha value is -3.31. The van der Waals surface area contributed by atoms with Crippen molar-refractivity contribution < 1.29 is 33.0 Å². The zero-order chi connectivity index (χ0) is 25.9. The van der Waals surface area contributed by atoms with E-state index in [0.717, 1.165) is 37.5 Å². The van der Waals surface area contributed by atoms with Gasteiger partial charge in [-0.15, -0.1) is 0 Å². The molecule has 0 spiro atoms. The molecule has 2 aromatic rings. The molecule has 1 aromatic carbocycles. The Labute approximate surface area is 207 Å². The number of carbonyl (C=O) groups is 2. The van der Waals surface area contributed by atoms with Crippen molar-refractivity contribution in [1.82, 2.24) is 14.7 Å². The molecule has 11 heteroatoms. The van der Waals surface area contributed by atoms with E-state index in [0.29, 0.717) is 6.61 Å². The molecule has 1 fully saturated rings. The molecular weight excluding hydrogens is 474 g/mol. The molecule has 2 atom stereocenters. The zero-order valence-electron chi connectivity index (χ0n) is 20.2. The summed E-state index contributed by atoms with van der Waals surface area (Å²) in [6, 6.07) is 3.99. The van der Waals surface area contributed by atoms with E-state index in [2.05, 4.69) is 10.4 Å². The number of ether oxygens (including phenoxy) is 2. The van der Waals surface area contributed by atoms with Gasteiger partial charge in [-0.05, 0) is 45.2 Å². The quantitative estimate of drug-likeness (QED) is 0.544. The Balaban J connectivity index is 1.49. The summed E-state index contributed by atoms with van der Waals surface area (Å²) in [6.45, 7) is 3.96. The summed E-state index contributed by atoms with van der Waals surface area (Å²) < 4.78 is 40.8. The fourth-order valence-corrected chi connectivity index (χ4v) is 4.29. The number of benzene rings is 1. The first-order valence-corrected chi connectivity index (χ1v) is 11.9. The fraction of sp³-hybridized carbons (Fsp3) is 0.480. The first-order valence-electron chi connectivity index (χ1n) is 11.9. The van der Waals surface area contributed by atoms with Crippen LogP contribution >= 0.6 is 0 Å². The predicted octanol–water partition coefficient (Wildman–Crippen LogP) is 3.00. The van der Waals surface area contributed by atoms with E-state index >= 15 is 0 Å². The maximum atomic E-state index is 14.0. The molecule has 2 N–H and O–H groups in total. The molecule has 0 saturated carbocycles. The van der Waals surface area contributed by atoms with Gasteiger partial charge in [0, 0.05) is 31.4 Å². The van der Waals surface area contributed by atoms with Crippen LogP contribution in [0, 0.1) is 11.6 Å². The second-order valence-electron chi connectivity index (χ2n) is 9.67. The van der Waals surface area contributed by atoms with Crippen molar-refractivity contribution in [2.45, 2.75) is 63.8 Å². The minimum atomic E-state index is -0.990. The summed E-state index contributed by atoms with van der Waals surface area (Å²) in [7, 11) is 0. The van der Waals surface area contributed by atoms with Gasteiger partial charge in [0.15, 0.2) is 23.2 Å². The number of rotatable bonds is 9. The molecule has 2 unspecified atom stereocenters. The van der Waals surface area contributed by atoms with Gasteiger partial charge in [0.2, 0.25) is 5.91 Å². The van der Waals surface area contributed by atoms with Gasteiger partial charge in [-0.3, -0.25) is 14.3 Å². The summed E-state index contributed by atoms with van der Waals surface area (Å²) in [5.41, 5.74) is -0.990. The number of hydrogen-bond acceptors (Lipinski definition) is 6. The van der Waals surface area contributed by atoms with Crippen LogP contribution in [-0.4, -0.2) is 62.5 Å². The van der Waals surface area contributed by atoms with Gasteiger partial charge in [-0.1, -0.05) is 6.07 Å². The van der Waals surface area contributed by atoms with Gasteiger partial charge in [-0.25, -0.2) is 8.78 Å². The average Bonchev–Trinajstić information content (AvgIpc) is 3.39. The van der Waals surface area contributed by atoms with Crippen LogP contribution in [0.2, 0.25) is 0 Å². The van der Waals surface area contributed by atoms with Crippen LogP contribution in [0.5, 0.6) is 5.75 Å². The maximum absolute atomic E-state index is 14.0. The number of halogens is 2. The molecule has 4 rings (SSSR count). The molecule has 36 heavy (non-hydrogen) atoms. The van der Waals surface area contributed by atoms with Crippen molar-refractivity contribution in [2.75, 3.05) is 18.5 Å². The molecule has 0 radical (unpaired) electrons. The molecule has 1 saturated heterocycles. The zero-order valence-corrected chi connectivity index (χ0v) is 20.2. The highest BCUT2D eigenvalue weighted by Crippen LogP contribution is 2.28. The predicted molar refractivity (Wildman–Crippen MR) is 126 cm³/mol. The van der Waals surface area contributed by atoms with Crippen LogP contribution in [0.15, 0.2) is 42.3 Å². The van der Waals surface area contributed by atoms with E-state index in [4.69, 9.17) is 9.47 Å². The molecule has 2 aliphatic heterocycles. The molecule has 2 amide bonds. The van der Waals surface area contributed by atoms with E-state index in [-0.39, 0.29) is 37.2 Å². The number of aliphatic hydroxyl groups is 1. The second kappa shape index (κ2) is 10.8. The van der Waals surface area contributed by atoms with Gasteiger partial charge in [0.1, 0.15) is 11.8 Å². The minimum absolute atomic E-state index is 0.0285. The molecule has 9 nitrogen and oxygen atoms in total. The number of aromatic nitrogens is 2. The van der Waals surface area contributed by atoms with E-state index in [1.807, 2.05) is 0 Å². The highest BCUT2D eigenvalue weighted by Gasteiger charge is 2.37. The largest absolute Gasteiger partial charge is 0.453 e.